The number of para-hydroxylation sites is 1. The normalized spacial score (nSPS) is 12.5. The van der Waals surface area contributed by atoms with Crippen molar-refractivity contribution in [2.24, 2.45) is 0 Å². The molecule has 160 valence electrons. The minimum atomic E-state index is -0.412. The summed E-state index contributed by atoms with van der Waals surface area (Å²) in [6.07, 6.45) is 3.34. The fourth-order valence-electron chi connectivity index (χ4n) is 3.74. The third-order valence-electron chi connectivity index (χ3n) is 5.31. The Hall–Kier alpha value is -3.13. The lowest BCUT2D eigenvalue weighted by molar-refractivity contribution is -0.140. The number of aryl methyl sites for hydroxylation is 2. The van der Waals surface area contributed by atoms with Gasteiger partial charge < -0.3 is 10.1 Å². The maximum absolute atomic E-state index is 13.0. The van der Waals surface area contributed by atoms with E-state index >= 15 is 0 Å². The summed E-state index contributed by atoms with van der Waals surface area (Å²) in [4.78, 5) is 41.6. The molecule has 0 unspecified atom stereocenters. The smallest absolute Gasteiger partial charge is 0.307 e. The van der Waals surface area contributed by atoms with E-state index in [1.54, 1.807) is 18.2 Å². The summed E-state index contributed by atoms with van der Waals surface area (Å²) >= 11 is 1.18. The number of fused-ring (bicyclic) bond motifs is 2. The van der Waals surface area contributed by atoms with Gasteiger partial charge in [-0.15, -0.1) is 0 Å². The van der Waals surface area contributed by atoms with Crippen LogP contribution in [0.15, 0.2) is 52.4 Å². The number of thioether (sulfide) groups is 1. The van der Waals surface area contributed by atoms with Crippen LogP contribution in [0.2, 0.25) is 0 Å². The van der Waals surface area contributed by atoms with Crippen molar-refractivity contribution in [3.63, 3.8) is 0 Å². The molecule has 8 heteroatoms. The Morgan fingerprint density at radius 1 is 1.16 bits per heavy atom. The van der Waals surface area contributed by atoms with E-state index < -0.39 is 5.97 Å². The number of amides is 1. The molecule has 0 radical (unpaired) electrons. The van der Waals surface area contributed by atoms with Crippen molar-refractivity contribution in [3.05, 3.63) is 63.9 Å². The number of nitrogens with one attached hydrogen (secondary N) is 1. The quantitative estimate of drug-likeness (QED) is 0.347. The first-order chi connectivity index (χ1) is 15.0. The molecule has 7 nitrogen and oxygen atoms in total. The summed E-state index contributed by atoms with van der Waals surface area (Å²) in [5.74, 6) is -0.490. The maximum atomic E-state index is 13.0. The number of aromatic nitrogens is 2. The second-order valence-electron chi connectivity index (χ2n) is 7.37. The topological polar surface area (TPSA) is 90.3 Å². The van der Waals surface area contributed by atoms with Crippen LogP contribution < -0.4 is 10.9 Å². The van der Waals surface area contributed by atoms with Crippen molar-refractivity contribution in [2.45, 2.75) is 37.4 Å². The molecule has 4 rings (SSSR count). The van der Waals surface area contributed by atoms with Crippen LogP contribution in [-0.2, 0) is 33.7 Å². The number of esters is 1. The van der Waals surface area contributed by atoms with E-state index in [1.165, 1.54) is 34.6 Å². The second kappa shape index (κ2) is 9.34. The van der Waals surface area contributed by atoms with E-state index in [9.17, 15) is 14.4 Å². The number of ether oxygens (including phenoxy) is 1. The highest BCUT2D eigenvalue weighted by atomic mass is 32.2. The largest absolute Gasteiger partial charge is 0.469 e. The first-order valence-electron chi connectivity index (χ1n) is 10.2. The zero-order chi connectivity index (χ0) is 21.8. The molecule has 0 bridgehead atoms. The van der Waals surface area contributed by atoms with Crippen molar-refractivity contribution in [2.75, 3.05) is 18.2 Å². The van der Waals surface area contributed by atoms with E-state index in [4.69, 9.17) is 0 Å². The summed E-state index contributed by atoms with van der Waals surface area (Å²) in [5.41, 5.74) is 3.74. The number of nitrogens with zero attached hydrogens (tertiary/aromatic N) is 2. The Balaban J connectivity index is 1.51. The van der Waals surface area contributed by atoms with Crippen LogP contribution in [0.4, 0.5) is 5.69 Å². The van der Waals surface area contributed by atoms with Gasteiger partial charge in [-0.1, -0.05) is 30.0 Å². The fourth-order valence-corrected chi connectivity index (χ4v) is 4.56. The first-order valence-corrected chi connectivity index (χ1v) is 11.1. The Kier molecular flexibility index (Phi) is 6.36. The Morgan fingerprint density at radius 3 is 2.81 bits per heavy atom. The van der Waals surface area contributed by atoms with E-state index in [0.29, 0.717) is 16.1 Å². The van der Waals surface area contributed by atoms with Gasteiger partial charge >= 0.3 is 5.97 Å². The Morgan fingerprint density at radius 2 is 1.97 bits per heavy atom. The van der Waals surface area contributed by atoms with Gasteiger partial charge in [0.15, 0.2) is 5.16 Å². The van der Waals surface area contributed by atoms with Crippen molar-refractivity contribution in [1.82, 2.24) is 9.55 Å². The zero-order valence-electron chi connectivity index (χ0n) is 17.2. The second-order valence-corrected chi connectivity index (χ2v) is 8.31. The molecule has 0 saturated carbocycles. The van der Waals surface area contributed by atoms with Gasteiger partial charge in [-0.2, -0.15) is 0 Å². The molecule has 0 atom stereocenters. The SMILES string of the molecule is COC(=O)CCn1c(SCC(=O)Nc2ccc3c(c2)CCC3)nc2ccccc2c1=O. The lowest BCUT2D eigenvalue weighted by atomic mass is 10.1. The number of rotatable bonds is 7. The minimum Gasteiger partial charge on any atom is -0.469 e. The van der Waals surface area contributed by atoms with Gasteiger partial charge in [0.25, 0.3) is 5.56 Å². The molecular weight excluding hydrogens is 414 g/mol. The van der Waals surface area contributed by atoms with E-state index in [1.807, 2.05) is 18.2 Å². The molecule has 1 aliphatic carbocycles. The summed E-state index contributed by atoms with van der Waals surface area (Å²) < 4.78 is 6.13. The highest BCUT2D eigenvalue weighted by molar-refractivity contribution is 7.99. The van der Waals surface area contributed by atoms with Crippen LogP contribution in [0, 0.1) is 0 Å². The number of hydrogen-bond donors (Lipinski definition) is 1. The predicted octanol–water partition coefficient (Wildman–Crippen LogP) is 3.18. The van der Waals surface area contributed by atoms with Gasteiger partial charge in [-0.05, 0) is 54.7 Å². The molecule has 1 heterocycles. The summed E-state index contributed by atoms with van der Waals surface area (Å²) in [6.45, 7) is 0.137. The maximum Gasteiger partial charge on any atom is 0.307 e. The van der Waals surface area contributed by atoms with Crippen LogP contribution in [-0.4, -0.2) is 34.3 Å². The van der Waals surface area contributed by atoms with Gasteiger partial charge in [0.05, 0.1) is 30.2 Å². The number of anilines is 1. The molecule has 0 aliphatic heterocycles. The van der Waals surface area contributed by atoms with E-state index in [2.05, 4.69) is 21.1 Å². The Bertz CT molecular complexity index is 1210. The van der Waals surface area contributed by atoms with Crippen LogP contribution in [0.5, 0.6) is 0 Å². The molecule has 1 aliphatic rings. The highest BCUT2D eigenvalue weighted by Gasteiger charge is 2.16. The third kappa shape index (κ3) is 4.80. The molecular formula is C23H23N3O4S. The first kappa shape index (κ1) is 21.1. The van der Waals surface area contributed by atoms with E-state index in [0.717, 1.165) is 24.9 Å². The summed E-state index contributed by atoms with van der Waals surface area (Å²) in [6, 6.07) is 13.1. The van der Waals surface area contributed by atoms with Gasteiger partial charge in [0.1, 0.15) is 0 Å². The molecule has 31 heavy (non-hydrogen) atoms. The molecule has 0 saturated heterocycles. The highest BCUT2D eigenvalue weighted by Crippen LogP contribution is 2.25. The number of carbonyl (C=O) groups excluding carboxylic acids is 2. The monoisotopic (exact) mass is 437 g/mol. The van der Waals surface area contributed by atoms with Crippen molar-refractivity contribution in [1.29, 1.82) is 0 Å². The molecule has 1 N–H and O–H groups in total. The lowest BCUT2D eigenvalue weighted by Crippen LogP contribution is -2.25. The summed E-state index contributed by atoms with van der Waals surface area (Å²) in [5, 5.41) is 3.79. The van der Waals surface area contributed by atoms with Gasteiger partial charge in [-0.25, -0.2) is 4.98 Å². The standard InChI is InChI=1S/C23H23N3O4S/c1-30-21(28)11-12-26-22(29)18-7-2-3-8-19(18)25-23(26)31-14-20(27)24-17-10-9-15-5-4-6-16(15)13-17/h2-3,7-10,13H,4-6,11-12,14H2,1H3,(H,24,27). The Labute approximate surface area is 183 Å². The van der Waals surface area contributed by atoms with Crippen LogP contribution in [0.1, 0.15) is 24.0 Å². The number of hydrogen-bond acceptors (Lipinski definition) is 6. The molecule has 0 fully saturated rings. The number of benzene rings is 2. The van der Waals surface area contributed by atoms with Gasteiger partial charge in [0, 0.05) is 12.2 Å². The van der Waals surface area contributed by atoms with Gasteiger partial charge in [0.2, 0.25) is 5.91 Å². The molecule has 2 aromatic carbocycles. The van der Waals surface area contributed by atoms with Crippen molar-refractivity contribution >= 4 is 40.2 Å². The fraction of sp³-hybridized carbons (Fsp3) is 0.304. The predicted molar refractivity (Wildman–Crippen MR) is 120 cm³/mol. The molecule has 0 spiro atoms. The van der Waals surface area contributed by atoms with Crippen LogP contribution in [0.3, 0.4) is 0 Å². The zero-order valence-corrected chi connectivity index (χ0v) is 18.0. The molecule has 1 aromatic heterocycles. The molecule has 1 amide bonds. The summed E-state index contributed by atoms with van der Waals surface area (Å²) in [7, 11) is 1.31. The number of carbonyl (C=O) groups is 2. The molecule has 3 aromatic rings. The van der Waals surface area contributed by atoms with Crippen LogP contribution >= 0.6 is 11.8 Å². The number of methoxy groups -OCH3 is 1. The van der Waals surface area contributed by atoms with Gasteiger partial charge in [-0.3, -0.25) is 19.0 Å². The van der Waals surface area contributed by atoms with Crippen LogP contribution in [0.25, 0.3) is 10.9 Å². The van der Waals surface area contributed by atoms with Crippen molar-refractivity contribution < 1.29 is 14.3 Å². The average Bonchev–Trinajstić information content (AvgIpc) is 3.25. The average molecular weight is 438 g/mol. The minimum absolute atomic E-state index is 0.0469. The lowest BCUT2D eigenvalue weighted by Gasteiger charge is -2.13. The third-order valence-corrected chi connectivity index (χ3v) is 6.28. The van der Waals surface area contributed by atoms with E-state index in [-0.39, 0.29) is 30.2 Å². The van der Waals surface area contributed by atoms with Crippen molar-refractivity contribution in [3.8, 4) is 0 Å².